The van der Waals surface area contributed by atoms with Crippen molar-refractivity contribution < 1.29 is 14.3 Å². The summed E-state index contributed by atoms with van der Waals surface area (Å²) in [5.74, 6) is -0.187. The van der Waals surface area contributed by atoms with Gasteiger partial charge in [0.2, 0.25) is 0 Å². The molecule has 1 fully saturated rings. The Morgan fingerprint density at radius 1 is 1.47 bits per heavy atom. The van der Waals surface area contributed by atoms with Crippen LogP contribution in [0.25, 0.3) is 0 Å². The second-order valence-electron chi connectivity index (χ2n) is 5.27. The first-order valence-electron chi connectivity index (χ1n) is 5.90. The molecule has 1 heterocycles. The molecule has 1 aliphatic heterocycles. The Kier molecular flexibility index (Phi) is 7.05. The lowest BCUT2D eigenvalue weighted by atomic mass is 10.1. The molecule has 0 spiro atoms. The number of hydrogen-bond acceptors (Lipinski definition) is 4. The first kappa shape index (κ1) is 16.7. The number of nitrogens with one attached hydrogen (secondary N) is 1. The summed E-state index contributed by atoms with van der Waals surface area (Å²) in [6.45, 7) is 6.64. The number of hydrogen-bond donors (Lipinski definition) is 1. The van der Waals surface area contributed by atoms with Crippen molar-refractivity contribution in [3.8, 4) is 0 Å². The summed E-state index contributed by atoms with van der Waals surface area (Å²) in [6.07, 6.45) is 2.48. The van der Waals surface area contributed by atoms with Gasteiger partial charge in [-0.25, -0.2) is 0 Å². The molecular weight excluding hydrogens is 242 g/mol. The van der Waals surface area contributed by atoms with E-state index in [1.165, 1.54) is 0 Å². The van der Waals surface area contributed by atoms with Crippen molar-refractivity contribution in [2.75, 3.05) is 13.7 Å². The Hall–Kier alpha value is -0.320. The molecule has 102 valence electrons. The molecule has 0 radical (unpaired) electrons. The quantitative estimate of drug-likeness (QED) is 0.789. The molecule has 0 aliphatic carbocycles. The van der Waals surface area contributed by atoms with Gasteiger partial charge >= 0.3 is 5.97 Å². The van der Waals surface area contributed by atoms with Gasteiger partial charge in [0.1, 0.15) is 5.60 Å². The lowest BCUT2D eigenvalue weighted by molar-refractivity contribution is -0.158. The molecule has 17 heavy (non-hydrogen) atoms. The molecule has 4 nitrogen and oxygen atoms in total. The lowest BCUT2D eigenvalue weighted by Gasteiger charge is -2.24. The normalized spacial score (nSPS) is 21.8. The van der Waals surface area contributed by atoms with Gasteiger partial charge in [0, 0.05) is 13.2 Å². The minimum absolute atomic E-state index is 0. The van der Waals surface area contributed by atoms with Crippen LogP contribution in [0.3, 0.4) is 0 Å². The van der Waals surface area contributed by atoms with Crippen LogP contribution < -0.4 is 5.32 Å². The highest BCUT2D eigenvalue weighted by molar-refractivity contribution is 5.85. The van der Waals surface area contributed by atoms with E-state index in [0.29, 0.717) is 6.42 Å². The number of methoxy groups -OCH3 is 1. The smallest absolute Gasteiger partial charge is 0.309 e. The molecule has 1 N–H and O–H groups in total. The fourth-order valence-electron chi connectivity index (χ4n) is 1.97. The largest absolute Gasteiger partial charge is 0.460 e. The Morgan fingerprint density at radius 2 is 2.12 bits per heavy atom. The Labute approximate surface area is 110 Å². The highest BCUT2D eigenvalue weighted by Gasteiger charge is 2.28. The topological polar surface area (TPSA) is 47.6 Å². The van der Waals surface area contributed by atoms with E-state index in [1.54, 1.807) is 7.11 Å². The molecule has 0 aromatic rings. The van der Waals surface area contributed by atoms with Gasteiger partial charge in [0.15, 0.2) is 0 Å². The summed E-state index contributed by atoms with van der Waals surface area (Å²) < 4.78 is 10.6. The molecule has 1 saturated heterocycles. The monoisotopic (exact) mass is 265 g/mol. The first-order valence-corrected chi connectivity index (χ1v) is 5.90. The van der Waals surface area contributed by atoms with Gasteiger partial charge in [-0.1, -0.05) is 0 Å². The average Bonchev–Trinajstić information content (AvgIpc) is 2.63. The molecule has 0 unspecified atom stereocenters. The summed E-state index contributed by atoms with van der Waals surface area (Å²) in [4.78, 5) is 11.7. The fraction of sp³-hybridized carbons (Fsp3) is 0.917. The second kappa shape index (κ2) is 7.19. The predicted molar refractivity (Wildman–Crippen MR) is 69.5 cm³/mol. The minimum Gasteiger partial charge on any atom is -0.460 e. The van der Waals surface area contributed by atoms with Crippen molar-refractivity contribution in [2.24, 2.45) is 0 Å². The molecule has 0 bridgehead atoms. The molecule has 1 rings (SSSR count). The second-order valence-corrected chi connectivity index (χ2v) is 5.27. The van der Waals surface area contributed by atoms with Gasteiger partial charge in [0.25, 0.3) is 0 Å². The zero-order valence-corrected chi connectivity index (χ0v) is 11.9. The molecular formula is C12H24ClNO3. The highest BCUT2D eigenvalue weighted by atomic mass is 35.5. The predicted octanol–water partition coefficient (Wildman–Crippen LogP) is 1.91. The van der Waals surface area contributed by atoms with Gasteiger partial charge in [-0.2, -0.15) is 0 Å². The summed E-state index contributed by atoms with van der Waals surface area (Å²) in [7, 11) is 1.65. The Morgan fingerprint density at radius 3 is 2.53 bits per heavy atom. The molecule has 5 heteroatoms. The zero-order valence-electron chi connectivity index (χ0n) is 11.1. The SMILES string of the molecule is CO[C@@H](CC(=O)OC(C)(C)C)[C@H]1CCCN1.Cl. The van der Waals surface area contributed by atoms with E-state index in [4.69, 9.17) is 9.47 Å². The number of carbonyl (C=O) groups excluding carboxylic acids is 1. The van der Waals surface area contributed by atoms with Crippen LogP contribution in [0.15, 0.2) is 0 Å². The van der Waals surface area contributed by atoms with E-state index in [1.807, 2.05) is 20.8 Å². The third kappa shape index (κ3) is 6.24. The maximum atomic E-state index is 11.7. The average molecular weight is 266 g/mol. The molecule has 2 atom stereocenters. The molecule has 0 amide bonds. The van der Waals surface area contributed by atoms with Crippen molar-refractivity contribution in [2.45, 2.75) is 57.8 Å². The lowest BCUT2D eigenvalue weighted by Crippen LogP contribution is -2.39. The van der Waals surface area contributed by atoms with Crippen LogP contribution >= 0.6 is 12.4 Å². The molecule has 0 aromatic carbocycles. The van der Waals surface area contributed by atoms with E-state index >= 15 is 0 Å². The van der Waals surface area contributed by atoms with Crippen LogP contribution in [0, 0.1) is 0 Å². The number of esters is 1. The van der Waals surface area contributed by atoms with Crippen molar-refractivity contribution in [3.63, 3.8) is 0 Å². The third-order valence-corrected chi connectivity index (χ3v) is 2.64. The van der Waals surface area contributed by atoms with Crippen LogP contribution in [0.4, 0.5) is 0 Å². The van der Waals surface area contributed by atoms with Crippen LogP contribution in [0.1, 0.15) is 40.0 Å². The highest BCUT2D eigenvalue weighted by Crippen LogP contribution is 2.17. The maximum absolute atomic E-state index is 11.7. The van der Waals surface area contributed by atoms with Crippen molar-refractivity contribution in [3.05, 3.63) is 0 Å². The molecule has 0 aromatic heterocycles. The van der Waals surface area contributed by atoms with Gasteiger partial charge in [-0.05, 0) is 40.2 Å². The standard InChI is InChI=1S/C12H23NO3.ClH/c1-12(2,3)16-11(14)8-10(15-4)9-6-5-7-13-9;/h9-10,13H,5-8H2,1-4H3;1H/t9-,10+;/m1./s1. The third-order valence-electron chi connectivity index (χ3n) is 2.64. The van der Waals surface area contributed by atoms with Gasteiger partial charge < -0.3 is 14.8 Å². The number of rotatable bonds is 4. The van der Waals surface area contributed by atoms with E-state index in [2.05, 4.69) is 5.32 Å². The van der Waals surface area contributed by atoms with Crippen LogP contribution in [0.5, 0.6) is 0 Å². The summed E-state index contributed by atoms with van der Waals surface area (Å²) >= 11 is 0. The maximum Gasteiger partial charge on any atom is 0.309 e. The first-order chi connectivity index (χ1) is 7.42. The summed E-state index contributed by atoms with van der Waals surface area (Å²) in [5.41, 5.74) is -0.418. The number of ether oxygens (including phenoxy) is 2. The fourth-order valence-corrected chi connectivity index (χ4v) is 1.97. The summed E-state index contributed by atoms with van der Waals surface area (Å²) in [6, 6.07) is 0.289. The van der Waals surface area contributed by atoms with Crippen LogP contribution in [0.2, 0.25) is 0 Å². The van der Waals surface area contributed by atoms with Crippen molar-refractivity contribution >= 4 is 18.4 Å². The van der Waals surface area contributed by atoms with Gasteiger partial charge in [-0.3, -0.25) is 4.79 Å². The molecule has 0 saturated carbocycles. The van der Waals surface area contributed by atoms with Gasteiger partial charge in [-0.15, -0.1) is 12.4 Å². The Balaban J connectivity index is 0.00000256. The number of carbonyl (C=O) groups is 1. The summed E-state index contributed by atoms with van der Waals surface area (Å²) in [5, 5.41) is 3.34. The van der Waals surface area contributed by atoms with E-state index in [9.17, 15) is 4.79 Å². The van der Waals surface area contributed by atoms with Crippen LogP contribution in [-0.4, -0.2) is 37.4 Å². The van der Waals surface area contributed by atoms with Crippen LogP contribution in [-0.2, 0) is 14.3 Å². The van der Waals surface area contributed by atoms with E-state index in [-0.39, 0.29) is 30.5 Å². The Bertz CT molecular complexity index is 234. The molecule has 1 aliphatic rings. The minimum atomic E-state index is -0.418. The zero-order chi connectivity index (χ0) is 12.2. The van der Waals surface area contributed by atoms with E-state index < -0.39 is 5.60 Å². The van der Waals surface area contributed by atoms with E-state index in [0.717, 1.165) is 19.4 Å². The van der Waals surface area contributed by atoms with Crippen molar-refractivity contribution in [1.82, 2.24) is 5.32 Å². The van der Waals surface area contributed by atoms with Gasteiger partial charge in [0.05, 0.1) is 12.5 Å². The number of halogens is 1. The van der Waals surface area contributed by atoms with Crippen molar-refractivity contribution in [1.29, 1.82) is 0 Å².